The summed E-state index contributed by atoms with van der Waals surface area (Å²) in [7, 11) is 1.32. The Labute approximate surface area is 103 Å². The smallest absolute Gasteiger partial charge is 0.433 e. The van der Waals surface area contributed by atoms with E-state index in [9.17, 15) is 13.2 Å². The number of rotatable bonds is 2. The molecule has 1 unspecified atom stereocenters. The molecule has 0 amide bonds. The van der Waals surface area contributed by atoms with Crippen molar-refractivity contribution in [2.75, 3.05) is 20.2 Å². The number of halogens is 3. The van der Waals surface area contributed by atoms with Gasteiger partial charge in [0.05, 0.1) is 7.11 Å². The van der Waals surface area contributed by atoms with Crippen LogP contribution in [0, 0.1) is 0 Å². The molecular weight excluding hydrogens is 245 g/mol. The molecule has 1 aromatic rings. The van der Waals surface area contributed by atoms with Crippen molar-refractivity contribution < 1.29 is 17.9 Å². The average molecular weight is 260 g/mol. The monoisotopic (exact) mass is 260 g/mol. The molecule has 0 aliphatic carbocycles. The molecular formula is C12H15F3N2O. The molecule has 1 saturated heterocycles. The molecule has 1 aliphatic heterocycles. The summed E-state index contributed by atoms with van der Waals surface area (Å²) in [6.45, 7) is 1.62. The number of aromatic nitrogens is 1. The van der Waals surface area contributed by atoms with Crippen molar-refractivity contribution in [3.63, 3.8) is 0 Å². The van der Waals surface area contributed by atoms with E-state index in [1.54, 1.807) is 6.07 Å². The van der Waals surface area contributed by atoms with Crippen LogP contribution in [0.15, 0.2) is 12.1 Å². The Kier molecular flexibility index (Phi) is 3.75. The summed E-state index contributed by atoms with van der Waals surface area (Å²) in [4.78, 5) is 3.45. The minimum atomic E-state index is -4.44. The van der Waals surface area contributed by atoms with Crippen molar-refractivity contribution in [1.82, 2.24) is 10.3 Å². The van der Waals surface area contributed by atoms with Crippen molar-refractivity contribution in [2.24, 2.45) is 0 Å². The predicted octanol–water partition coefficient (Wildman–Crippen LogP) is 2.58. The Hall–Kier alpha value is -1.30. The van der Waals surface area contributed by atoms with Gasteiger partial charge in [0.15, 0.2) is 0 Å². The number of nitrogens with one attached hydrogen (secondary N) is 1. The van der Waals surface area contributed by atoms with Crippen molar-refractivity contribution in [3.8, 4) is 5.88 Å². The standard InChI is InChI=1S/C12H15F3N2O/c1-18-11-6-9(8-3-2-4-16-7-8)5-10(17-11)12(13,14)15/h5-6,8,16H,2-4,7H2,1H3. The second kappa shape index (κ2) is 5.14. The van der Waals surface area contributed by atoms with Crippen LogP contribution in [0.2, 0.25) is 0 Å². The van der Waals surface area contributed by atoms with Gasteiger partial charge in [-0.15, -0.1) is 0 Å². The molecule has 6 heteroatoms. The van der Waals surface area contributed by atoms with E-state index >= 15 is 0 Å². The van der Waals surface area contributed by atoms with Crippen LogP contribution in [0.25, 0.3) is 0 Å². The Morgan fingerprint density at radius 2 is 2.17 bits per heavy atom. The molecule has 18 heavy (non-hydrogen) atoms. The maximum atomic E-state index is 12.7. The topological polar surface area (TPSA) is 34.1 Å². The van der Waals surface area contributed by atoms with E-state index in [1.807, 2.05) is 0 Å². The lowest BCUT2D eigenvalue weighted by atomic mass is 9.92. The molecule has 1 aliphatic rings. The lowest BCUT2D eigenvalue weighted by molar-refractivity contribution is -0.141. The highest BCUT2D eigenvalue weighted by Crippen LogP contribution is 2.33. The summed E-state index contributed by atoms with van der Waals surface area (Å²) in [6, 6.07) is 2.72. The summed E-state index contributed by atoms with van der Waals surface area (Å²) in [6.07, 6.45) is -2.58. The lowest BCUT2D eigenvalue weighted by Crippen LogP contribution is -2.28. The van der Waals surface area contributed by atoms with E-state index in [-0.39, 0.29) is 11.8 Å². The number of piperidine rings is 1. The molecule has 1 aromatic heterocycles. The average Bonchev–Trinajstić information content (AvgIpc) is 2.38. The molecule has 2 heterocycles. The summed E-state index contributed by atoms with van der Waals surface area (Å²) in [5, 5.41) is 3.19. The third kappa shape index (κ3) is 2.93. The number of hydrogen-bond donors (Lipinski definition) is 1. The van der Waals surface area contributed by atoms with Gasteiger partial charge in [-0.2, -0.15) is 13.2 Å². The Morgan fingerprint density at radius 1 is 1.39 bits per heavy atom. The summed E-state index contributed by atoms with van der Waals surface area (Å²) >= 11 is 0. The van der Waals surface area contributed by atoms with Crippen LogP contribution in [-0.4, -0.2) is 25.2 Å². The van der Waals surface area contributed by atoms with E-state index < -0.39 is 11.9 Å². The second-order valence-corrected chi connectivity index (χ2v) is 4.37. The van der Waals surface area contributed by atoms with Crippen LogP contribution in [0.5, 0.6) is 5.88 Å². The lowest BCUT2D eigenvalue weighted by Gasteiger charge is -2.24. The van der Waals surface area contributed by atoms with Crippen molar-refractivity contribution in [3.05, 3.63) is 23.4 Å². The third-order valence-electron chi connectivity index (χ3n) is 3.09. The number of hydrogen-bond acceptors (Lipinski definition) is 3. The molecule has 0 spiro atoms. The van der Waals surface area contributed by atoms with E-state index in [4.69, 9.17) is 4.74 Å². The first-order chi connectivity index (χ1) is 8.50. The molecule has 100 valence electrons. The van der Waals surface area contributed by atoms with Gasteiger partial charge in [-0.05, 0) is 36.9 Å². The highest BCUT2D eigenvalue weighted by molar-refractivity contribution is 5.30. The SMILES string of the molecule is COc1cc(C2CCCNC2)cc(C(F)(F)F)n1. The Balaban J connectivity index is 2.34. The number of alkyl halides is 3. The van der Waals surface area contributed by atoms with Gasteiger partial charge in [0, 0.05) is 12.6 Å². The normalized spacial score (nSPS) is 20.8. The molecule has 1 N–H and O–H groups in total. The van der Waals surface area contributed by atoms with Gasteiger partial charge in [-0.3, -0.25) is 0 Å². The maximum absolute atomic E-state index is 12.7. The van der Waals surface area contributed by atoms with E-state index in [0.29, 0.717) is 12.1 Å². The van der Waals surface area contributed by atoms with Crippen LogP contribution in [0.1, 0.15) is 30.0 Å². The molecule has 0 radical (unpaired) electrons. The summed E-state index contributed by atoms with van der Waals surface area (Å²) in [5.74, 6) is 0.113. The minimum Gasteiger partial charge on any atom is -0.481 e. The van der Waals surface area contributed by atoms with E-state index in [0.717, 1.165) is 25.5 Å². The predicted molar refractivity (Wildman–Crippen MR) is 60.6 cm³/mol. The van der Waals surface area contributed by atoms with Crippen molar-refractivity contribution in [2.45, 2.75) is 24.9 Å². The molecule has 2 rings (SSSR count). The highest BCUT2D eigenvalue weighted by Gasteiger charge is 2.34. The first-order valence-corrected chi connectivity index (χ1v) is 5.84. The minimum absolute atomic E-state index is 0.0189. The van der Waals surface area contributed by atoms with Gasteiger partial charge >= 0.3 is 6.18 Å². The van der Waals surface area contributed by atoms with Crippen LogP contribution < -0.4 is 10.1 Å². The third-order valence-corrected chi connectivity index (χ3v) is 3.09. The van der Waals surface area contributed by atoms with Gasteiger partial charge in [-0.1, -0.05) is 0 Å². The number of pyridine rings is 1. The maximum Gasteiger partial charge on any atom is 0.433 e. The molecule has 0 saturated carbocycles. The largest absolute Gasteiger partial charge is 0.481 e. The van der Waals surface area contributed by atoms with Crippen molar-refractivity contribution >= 4 is 0 Å². The summed E-state index contributed by atoms with van der Waals surface area (Å²) < 4.78 is 43.0. The van der Waals surface area contributed by atoms with Gasteiger partial charge in [-0.25, -0.2) is 4.98 Å². The number of methoxy groups -OCH3 is 1. The molecule has 1 fully saturated rings. The number of nitrogens with zero attached hydrogens (tertiary/aromatic N) is 1. The van der Waals surface area contributed by atoms with Gasteiger partial charge in [0.2, 0.25) is 5.88 Å². The zero-order valence-electron chi connectivity index (χ0n) is 10.0. The van der Waals surface area contributed by atoms with Crippen LogP contribution in [0.4, 0.5) is 13.2 Å². The first-order valence-electron chi connectivity index (χ1n) is 5.84. The number of ether oxygens (including phenoxy) is 1. The fourth-order valence-corrected chi connectivity index (χ4v) is 2.15. The Morgan fingerprint density at radius 3 is 2.72 bits per heavy atom. The Bertz CT molecular complexity index is 414. The van der Waals surface area contributed by atoms with E-state index in [2.05, 4.69) is 10.3 Å². The molecule has 1 atom stereocenters. The van der Waals surface area contributed by atoms with E-state index in [1.165, 1.54) is 7.11 Å². The van der Waals surface area contributed by atoms with Crippen LogP contribution in [-0.2, 0) is 6.18 Å². The highest BCUT2D eigenvalue weighted by atomic mass is 19.4. The molecule has 3 nitrogen and oxygen atoms in total. The quantitative estimate of drug-likeness (QED) is 0.887. The van der Waals surface area contributed by atoms with Crippen LogP contribution >= 0.6 is 0 Å². The zero-order chi connectivity index (χ0) is 13.2. The summed E-state index contributed by atoms with van der Waals surface area (Å²) in [5.41, 5.74) is -0.246. The van der Waals surface area contributed by atoms with Gasteiger partial charge in [0.1, 0.15) is 5.69 Å². The second-order valence-electron chi connectivity index (χ2n) is 4.37. The van der Waals surface area contributed by atoms with Gasteiger partial charge in [0.25, 0.3) is 0 Å². The van der Waals surface area contributed by atoms with Gasteiger partial charge < -0.3 is 10.1 Å². The van der Waals surface area contributed by atoms with Crippen molar-refractivity contribution in [1.29, 1.82) is 0 Å². The van der Waals surface area contributed by atoms with Crippen LogP contribution in [0.3, 0.4) is 0 Å². The molecule has 0 aromatic carbocycles. The zero-order valence-corrected chi connectivity index (χ0v) is 10.0. The fourth-order valence-electron chi connectivity index (χ4n) is 2.15. The first kappa shape index (κ1) is 13.1. The molecule has 0 bridgehead atoms. The fraction of sp³-hybridized carbons (Fsp3) is 0.583.